The van der Waals surface area contributed by atoms with Gasteiger partial charge in [0.15, 0.2) is 0 Å². The molecular weight excluding hydrogens is 224 g/mol. The molecule has 0 aromatic heterocycles. The zero-order valence-corrected chi connectivity index (χ0v) is 11.0. The van der Waals surface area contributed by atoms with Crippen molar-refractivity contribution >= 4 is 13.5 Å². The van der Waals surface area contributed by atoms with E-state index >= 15 is 0 Å². The molecule has 1 unspecified atom stereocenters. The average Bonchev–Trinajstić information content (AvgIpc) is 2.41. The van der Waals surface area contributed by atoms with Gasteiger partial charge in [0.2, 0.25) is 0 Å². The minimum atomic E-state index is -2.08. The quantitative estimate of drug-likeness (QED) is 0.745. The SMILES string of the molecule is C=C[Si](C)(Oc1ccccc1)c1ccccc1. The molecule has 86 valence electrons. The fourth-order valence-electron chi connectivity index (χ4n) is 1.72. The van der Waals surface area contributed by atoms with Crippen molar-refractivity contribution in [3.05, 3.63) is 72.9 Å². The summed E-state index contributed by atoms with van der Waals surface area (Å²) in [6, 6.07) is 20.2. The van der Waals surface area contributed by atoms with E-state index in [4.69, 9.17) is 4.43 Å². The Morgan fingerprint density at radius 1 is 0.941 bits per heavy atom. The summed E-state index contributed by atoms with van der Waals surface area (Å²) in [7, 11) is -2.08. The Labute approximate surface area is 104 Å². The minimum Gasteiger partial charge on any atom is -0.535 e. The Hall–Kier alpha value is -1.80. The van der Waals surface area contributed by atoms with Gasteiger partial charge in [0.25, 0.3) is 0 Å². The molecular formula is C15H16OSi. The van der Waals surface area contributed by atoms with E-state index in [1.54, 1.807) is 0 Å². The lowest BCUT2D eigenvalue weighted by molar-refractivity contribution is 0.570. The Bertz CT molecular complexity index is 481. The molecule has 0 saturated carbocycles. The van der Waals surface area contributed by atoms with E-state index in [1.807, 2.05) is 54.2 Å². The molecule has 0 bridgehead atoms. The lowest BCUT2D eigenvalue weighted by Gasteiger charge is -2.25. The standard InChI is InChI=1S/C15H16OSi/c1-3-17(2,15-12-8-5-9-13-15)16-14-10-6-4-7-11-14/h3-13H,1H2,2H3. The van der Waals surface area contributed by atoms with Crippen LogP contribution in [0.2, 0.25) is 6.55 Å². The molecule has 0 aliphatic rings. The largest absolute Gasteiger partial charge is 0.535 e. The second kappa shape index (κ2) is 5.02. The maximum Gasteiger partial charge on any atom is 0.304 e. The van der Waals surface area contributed by atoms with Crippen molar-refractivity contribution in [1.29, 1.82) is 0 Å². The Balaban J connectivity index is 2.30. The predicted octanol–water partition coefficient (Wildman–Crippen LogP) is 3.27. The molecule has 17 heavy (non-hydrogen) atoms. The summed E-state index contributed by atoms with van der Waals surface area (Å²) in [4.78, 5) is 0. The van der Waals surface area contributed by atoms with E-state index in [1.165, 1.54) is 5.19 Å². The van der Waals surface area contributed by atoms with Gasteiger partial charge < -0.3 is 4.43 Å². The van der Waals surface area contributed by atoms with Crippen LogP contribution in [0.25, 0.3) is 0 Å². The number of hydrogen-bond donors (Lipinski definition) is 0. The third-order valence-corrected chi connectivity index (χ3v) is 5.73. The smallest absolute Gasteiger partial charge is 0.304 e. The molecule has 2 aromatic carbocycles. The van der Waals surface area contributed by atoms with Crippen molar-refractivity contribution in [1.82, 2.24) is 0 Å². The van der Waals surface area contributed by atoms with Gasteiger partial charge in [-0.1, -0.05) is 54.2 Å². The van der Waals surface area contributed by atoms with Crippen molar-refractivity contribution in [3.63, 3.8) is 0 Å². The van der Waals surface area contributed by atoms with Crippen LogP contribution in [-0.2, 0) is 0 Å². The molecule has 2 rings (SSSR count). The van der Waals surface area contributed by atoms with Crippen molar-refractivity contribution in [3.8, 4) is 5.75 Å². The van der Waals surface area contributed by atoms with Gasteiger partial charge in [-0.25, -0.2) is 0 Å². The lowest BCUT2D eigenvalue weighted by Crippen LogP contribution is -2.49. The first-order valence-electron chi connectivity index (χ1n) is 5.68. The van der Waals surface area contributed by atoms with Crippen LogP contribution >= 0.6 is 0 Å². The van der Waals surface area contributed by atoms with Crippen LogP contribution in [0.5, 0.6) is 5.75 Å². The van der Waals surface area contributed by atoms with Crippen LogP contribution in [0.4, 0.5) is 0 Å². The van der Waals surface area contributed by atoms with Gasteiger partial charge >= 0.3 is 8.32 Å². The van der Waals surface area contributed by atoms with Gasteiger partial charge in [-0.15, -0.1) is 6.58 Å². The van der Waals surface area contributed by atoms with Gasteiger partial charge in [0.05, 0.1) is 0 Å². The molecule has 0 N–H and O–H groups in total. The summed E-state index contributed by atoms with van der Waals surface area (Å²) in [5, 5.41) is 1.24. The van der Waals surface area contributed by atoms with E-state index in [2.05, 4.69) is 25.3 Å². The fraction of sp³-hybridized carbons (Fsp3) is 0.0667. The summed E-state index contributed by atoms with van der Waals surface area (Å²) in [5.74, 6) is 0.908. The molecule has 2 aromatic rings. The number of para-hydroxylation sites is 1. The van der Waals surface area contributed by atoms with Crippen LogP contribution in [0.3, 0.4) is 0 Å². The average molecular weight is 240 g/mol. The van der Waals surface area contributed by atoms with Gasteiger partial charge in [-0.3, -0.25) is 0 Å². The summed E-state index contributed by atoms with van der Waals surface area (Å²) in [5.41, 5.74) is 1.97. The predicted molar refractivity (Wildman–Crippen MR) is 75.0 cm³/mol. The summed E-state index contributed by atoms with van der Waals surface area (Å²) < 4.78 is 6.16. The highest BCUT2D eigenvalue weighted by molar-refractivity contribution is 6.90. The molecule has 0 fully saturated rings. The molecule has 0 saturated heterocycles. The highest BCUT2D eigenvalue weighted by Crippen LogP contribution is 2.16. The molecule has 0 amide bonds. The van der Waals surface area contributed by atoms with Gasteiger partial charge in [0.1, 0.15) is 5.75 Å². The van der Waals surface area contributed by atoms with Crippen molar-refractivity contribution < 1.29 is 4.43 Å². The van der Waals surface area contributed by atoms with E-state index in [9.17, 15) is 0 Å². The molecule has 1 nitrogen and oxygen atoms in total. The number of hydrogen-bond acceptors (Lipinski definition) is 1. The van der Waals surface area contributed by atoms with Crippen molar-refractivity contribution in [2.24, 2.45) is 0 Å². The van der Waals surface area contributed by atoms with Crippen LogP contribution < -0.4 is 9.61 Å². The van der Waals surface area contributed by atoms with E-state index in [0.29, 0.717) is 0 Å². The topological polar surface area (TPSA) is 9.23 Å². The zero-order chi connectivity index (χ0) is 12.1. The Kier molecular flexibility index (Phi) is 3.45. The third kappa shape index (κ3) is 2.66. The zero-order valence-electron chi connectivity index (χ0n) is 9.97. The maximum atomic E-state index is 6.16. The molecule has 0 spiro atoms. The lowest BCUT2D eigenvalue weighted by atomic mass is 10.3. The first-order chi connectivity index (χ1) is 8.24. The first-order valence-corrected chi connectivity index (χ1v) is 8.16. The Morgan fingerprint density at radius 2 is 1.47 bits per heavy atom. The molecule has 0 aliphatic heterocycles. The minimum absolute atomic E-state index is 0.908. The molecule has 2 heteroatoms. The summed E-state index contributed by atoms with van der Waals surface area (Å²) >= 11 is 0. The van der Waals surface area contributed by atoms with Crippen molar-refractivity contribution in [2.75, 3.05) is 0 Å². The van der Waals surface area contributed by atoms with E-state index in [0.717, 1.165) is 5.75 Å². The van der Waals surface area contributed by atoms with Gasteiger partial charge in [-0.2, -0.15) is 0 Å². The highest BCUT2D eigenvalue weighted by Gasteiger charge is 2.29. The van der Waals surface area contributed by atoms with Gasteiger partial charge in [0, 0.05) is 0 Å². The van der Waals surface area contributed by atoms with Crippen LogP contribution in [0.1, 0.15) is 0 Å². The first kappa shape index (κ1) is 11.7. The normalized spacial score (nSPS) is 13.7. The molecule has 1 atom stereocenters. The summed E-state index contributed by atoms with van der Waals surface area (Å²) in [6.07, 6.45) is 0. The maximum absolute atomic E-state index is 6.16. The second-order valence-electron chi connectivity index (χ2n) is 4.09. The molecule has 0 heterocycles. The van der Waals surface area contributed by atoms with Crippen LogP contribution in [0, 0.1) is 0 Å². The van der Waals surface area contributed by atoms with Gasteiger partial charge in [-0.05, 0) is 23.9 Å². The van der Waals surface area contributed by atoms with Crippen LogP contribution in [0.15, 0.2) is 72.9 Å². The number of rotatable bonds is 4. The van der Waals surface area contributed by atoms with Crippen molar-refractivity contribution in [2.45, 2.75) is 6.55 Å². The molecule has 0 radical (unpaired) electrons. The second-order valence-corrected chi connectivity index (χ2v) is 7.50. The summed E-state index contributed by atoms with van der Waals surface area (Å²) in [6.45, 7) is 6.10. The van der Waals surface area contributed by atoms with E-state index < -0.39 is 8.32 Å². The molecule has 0 aliphatic carbocycles. The monoisotopic (exact) mass is 240 g/mol. The number of benzene rings is 2. The highest BCUT2D eigenvalue weighted by atomic mass is 28.4. The Morgan fingerprint density at radius 3 is 2.00 bits per heavy atom. The van der Waals surface area contributed by atoms with Crippen LogP contribution in [-0.4, -0.2) is 8.32 Å². The fourth-order valence-corrected chi connectivity index (χ4v) is 3.64. The van der Waals surface area contributed by atoms with E-state index in [-0.39, 0.29) is 0 Å². The third-order valence-electron chi connectivity index (χ3n) is 2.81.